The zero-order chi connectivity index (χ0) is 8.72. The van der Waals surface area contributed by atoms with Gasteiger partial charge in [0.25, 0.3) is 5.91 Å². The van der Waals surface area contributed by atoms with Crippen LogP contribution in [0.5, 0.6) is 0 Å². The first-order chi connectivity index (χ1) is 5.66. The summed E-state index contributed by atoms with van der Waals surface area (Å²) in [5, 5.41) is 0.138. The minimum Gasteiger partial charge on any atom is -0.267 e. The second-order valence-electron chi connectivity index (χ2n) is 2.41. The van der Waals surface area contributed by atoms with Crippen molar-refractivity contribution in [1.29, 1.82) is 0 Å². The van der Waals surface area contributed by atoms with Gasteiger partial charge in [-0.15, -0.1) is 0 Å². The molecule has 0 spiro atoms. The maximum absolute atomic E-state index is 12.8. The number of benzene rings is 1. The number of carbonyl (C=O) groups is 1. The lowest BCUT2D eigenvalue weighted by molar-refractivity contribution is -0.112. The van der Waals surface area contributed by atoms with Gasteiger partial charge in [-0.25, -0.2) is 13.8 Å². The molecule has 0 saturated carbocycles. The summed E-state index contributed by atoms with van der Waals surface area (Å²) in [6, 6.07) is 1.75. The fourth-order valence-corrected chi connectivity index (χ4v) is 1.08. The van der Waals surface area contributed by atoms with Gasteiger partial charge >= 0.3 is 0 Å². The lowest BCUT2D eigenvalue weighted by atomic mass is 10.2. The molecule has 0 aromatic heterocycles. The van der Waals surface area contributed by atoms with E-state index in [1.54, 1.807) is 0 Å². The van der Waals surface area contributed by atoms with Crippen molar-refractivity contribution in [3.05, 3.63) is 34.3 Å². The van der Waals surface area contributed by atoms with Crippen LogP contribution >= 0.6 is 0 Å². The number of carbonyl (C=O) groups excluding carboxylic acids is 1. The standard InChI is InChI=1S/C8H3F2NO/c9-4-1-6(10)5-3-8(12)11-7(5)2-4/h1-3H. The molecule has 0 fully saturated rings. The summed E-state index contributed by atoms with van der Waals surface area (Å²) in [6.45, 7) is 0. The Morgan fingerprint density at radius 2 is 2.00 bits per heavy atom. The average molecular weight is 167 g/mol. The van der Waals surface area contributed by atoms with Gasteiger partial charge in [0, 0.05) is 23.4 Å². The van der Waals surface area contributed by atoms with Crippen LogP contribution in [0.1, 0.15) is 0 Å². The Kier molecular flexibility index (Phi) is 1.30. The van der Waals surface area contributed by atoms with Crippen LogP contribution in [0.25, 0.3) is 6.08 Å². The van der Waals surface area contributed by atoms with Crippen LogP contribution in [0.15, 0.2) is 17.1 Å². The summed E-state index contributed by atoms with van der Waals surface area (Å²) in [4.78, 5) is 14.1. The first-order valence-electron chi connectivity index (χ1n) is 3.26. The topological polar surface area (TPSA) is 29.4 Å². The van der Waals surface area contributed by atoms with Crippen molar-refractivity contribution >= 4 is 12.0 Å². The summed E-state index contributed by atoms with van der Waals surface area (Å²) >= 11 is 0. The molecule has 1 aromatic rings. The number of nitrogens with zero attached hydrogens (tertiary/aromatic N) is 1. The van der Waals surface area contributed by atoms with E-state index in [9.17, 15) is 13.6 Å². The van der Waals surface area contributed by atoms with Gasteiger partial charge in [-0.3, -0.25) is 4.79 Å². The van der Waals surface area contributed by atoms with Gasteiger partial charge in [0.1, 0.15) is 11.6 Å². The lowest BCUT2D eigenvalue weighted by Gasteiger charge is -1.87. The molecule has 60 valence electrons. The van der Waals surface area contributed by atoms with E-state index in [1.165, 1.54) is 0 Å². The smallest absolute Gasteiger partial charge is 0.267 e. The highest BCUT2D eigenvalue weighted by Gasteiger charge is 2.08. The monoisotopic (exact) mass is 167 g/mol. The largest absolute Gasteiger partial charge is 0.271 e. The van der Waals surface area contributed by atoms with Gasteiger partial charge in [0.15, 0.2) is 0 Å². The summed E-state index contributed by atoms with van der Waals surface area (Å²) in [7, 11) is 0. The van der Waals surface area contributed by atoms with Crippen molar-refractivity contribution < 1.29 is 13.6 Å². The predicted molar refractivity (Wildman–Crippen MR) is 36.6 cm³/mol. The highest BCUT2D eigenvalue weighted by Crippen LogP contribution is 1.95. The summed E-state index contributed by atoms with van der Waals surface area (Å²) in [5.74, 6) is -2.02. The third-order valence-electron chi connectivity index (χ3n) is 1.57. The molecule has 1 aliphatic rings. The van der Waals surface area contributed by atoms with Gasteiger partial charge in [-0.1, -0.05) is 0 Å². The Bertz CT molecular complexity index is 479. The van der Waals surface area contributed by atoms with Crippen LogP contribution in [-0.4, -0.2) is 5.91 Å². The molecule has 2 rings (SSSR count). The first-order valence-corrected chi connectivity index (χ1v) is 3.26. The maximum Gasteiger partial charge on any atom is 0.271 e. The normalized spacial score (nSPS) is 13.7. The third-order valence-corrected chi connectivity index (χ3v) is 1.57. The van der Waals surface area contributed by atoms with Gasteiger partial charge in [0.2, 0.25) is 0 Å². The summed E-state index contributed by atoms with van der Waals surface area (Å²) in [6.07, 6.45) is 1.05. The molecule has 12 heavy (non-hydrogen) atoms. The van der Waals surface area contributed by atoms with Crippen LogP contribution in [0.2, 0.25) is 0 Å². The summed E-state index contributed by atoms with van der Waals surface area (Å²) in [5.41, 5.74) is 0. The molecule has 1 aromatic carbocycles. The van der Waals surface area contributed by atoms with Crippen LogP contribution in [0.3, 0.4) is 0 Å². The van der Waals surface area contributed by atoms with Crippen LogP contribution < -0.4 is 10.6 Å². The molecule has 0 saturated heterocycles. The van der Waals surface area contributed by atoms with Crippen LogP contribution in [0, 0.1) is 11.6 Å². The molecular formula is C8H3F2NO. The molecule has 0 aliphatic carbocycles. The number of amides is 1. The zero-order valence-electron chi connectivity index (χ0n) is 5.84. The van der Waals surface area contributed by atoms with Gasteiger partial charge in [0.05, 0.1) is 5.36 Å². The average Bonchev–Trinajstić information content (AvgIpc) is 2.29. The Morgan fingerprint density at radius 1 is 1.25 bits per heavy atom. The number of fused-ring (bicyclic) bond motifs is 1. The van der Waals surface area contributed by atoms with E-state index in [4.69, 9.17) is 0 Å². The Balaban J connectivity index is 2.95. The van der Waals surface area contributed by atoms with Crippen LogP contribution in [-0.2, 0) is 4.79 Å². The van der Waals surface area contributed by atoms with E-state index in [-0.39, 0.29) is 10.6 Å². The van der Waals surface area contributed by atoms with Gasteiger partial charge in [-0.05, 0) is 0 Å². The first kappa shape index (κ1) is 7.09. The fraction of sp³-hybridized carbons (Fsp3) is 0. The predicted octanol–water partition coefficient (Wildman–Crippen LogP) is -0.0949. The molecule has 4 heteroatoms. The summed E-state index contributed by atoms with van der Waals surface area (Å²) < 4.78 is 25.4. The molecule has 0 bridgehead atoms. The minimum atomic E-state index is -0.750. The molecule has 1 heterocycles. The second kappa shape index (κ2) is 2.20. The Morgan fingerprint density at radius 3 is 2.75 bits per heavy atom. The Hall–Kier alpha value is -1.58. The Labute approximate surface area is 65.9 Å². The van der Waals surface area contributed by atoms with Crippen molar-refractivity contribution in [3.63, 3.8) is 0 Å². The highest BCUT2D eigenvalue weighted by molar-refractivity contribution is 6.06. The van der Waals surface area contributed by atoms with Crippen molar-refractivity contribution in [1.82, 2.24) is 0 Å². The number of hydrogen-bond donors (Lipinski definition) is 0. The number of halogens is 2. The highest BCUT2D eigenvalue weighted by atomic mass is 19.1. The van der Waals surface area contributed by atoms with Gasteiger partial charge < -0.3 is 0 Å². The second-order valence-corrected chi connectivity index (χ2v) is 2.41. The molecule has 0 radical (unpaired) electrons. The number of rotatable bonds is 0. The van der Waals surface area contributed by atoms with Crippen molar-refractivity contribution in [2.45, 2.75) is 0 Å². The van der Waals surface area contributed by atoms with E-state index in [2.05, 4.69) is 4.99 Å². The number of hydrogen-bond acceptors (Lipinski definition) is 1. The molecule has 0 N–H and O–H groups in total. The fourth-order valence-electron chi connectivity index (χ4n) is 1.08. The maximum atomic E-state index is 12.8. The molecule has 0 atom stereocenters. The van der Waals surface area contributed by atoms with Gasteiger partial charge in [-0.2, -0.15) is 0 Å². The van der Waals surface area contributed by atoms with Crippen molar-refractivity contribution in [3.8, 4) is 0 Å². The zero-order valence-corrected chi connectivity index (χ0v) is 5.84. The molecule has 1 amide bonds. The molecular weight excluding hydrogens is 164 g/mol. The van der Waals surface area contributed by atoms with E-state index < -0.39 is 17.5 Å². The molecule has 1 aliphatic heterocycles. The van der Waals surface area contributed by atoms with Crippen molar-refractivity contribution in [2.24, 2.45) is 4.99 Å². The minimum absolute atomic E-state index is 0.0671. The third kappa shape index (κ3) is 0.922. The molecule has 2 nitrogen and oxygen atoms in total. The van der Waals surface area contributed by atoms with Crippen molar-refractivity contribution in [2.75, 3.05) is 0 Å². The lowest BCUT2D eigenvalue weighted by Crippen LogP contribution is -2.25. The van der Waals surface area contributed by atoms with E-state index >= 15 is 0 Å². The quantitative estimate of drug-likeness (QED) is 0.530. The molecule has 0 unspecified atom stereocenters. The van der Waals surface area contributed by atoms with E-state index in [0.29, 0.717) is 0 Å². The van der Waals surface area contributed by atoms with E-state index in [1.807, 2.05) is 0 Å². The van der Waals surface area contributed by atoms with E-state index in [0.717, 1.165) is 18.2 Å². The van der Waals surface area contributed by atoms with Crippen LogP contribution in [0.4, 0.5) is 8.78 Å². The SMILES string of the molecule is O=C1C=c2c(F)cc(F)cc2=N1.